The van der Waals surface area contributed by atoms with E-state index in [9.17, 15) is 0 Å². The summed E-state index contributed by atoms with van der Waals surface area (Å²) < 4.78 is 0. The van der Waals surface area contributed by atoms with Crippen LogP contribution in [0.15, 0.2) is 6.33 Å². The molecule has 1 aromatic rings. The molecule has 3 nitrogen and oxygen atoms in total. The quantitative estimate of drug-likeness (QED) is 0.695. The SMILES string of the molecule is Clc1ncnnc1C1CCCCC1. The molecule has 0 spiro atoms. The molecule has 1 aliphatic carbocycles. The smallest absolute Gasteiger partial charge is 0.154 e. The summed E-state index contributed by atoms with van der Waals surface area (Å²) in [5, 5.41) is 8.36. The van der Waals surface area contributed by atoms with Crippen LogP contribution < -0.4 is 0 Å². The van der Waals surface area contributed by atoms with Crippen molar-refractivity contribution in [3.8, 4) is 0 Å². The lowest BCUT2D eigenvalue weighted by Crippen LogP contribution is -2.08. The molecule has 4 heteroatoms. The Kier molecular flexibility index (Phi) is 2.74. The van der Waals surface area contributed by atoms with E-state index in [-0.39, 0.29) is 0 Å². The highest BCUT2D eigenvalue weighted by molar-refractivity contribution is 6.30. The summed E-state index contributed by atoms with van der Waals surface area (Å²) in [5.41, 5.74) is 0.892. The molecule has 1 heterocycles. The first-order valence-electron chi connectivity index (χ1n) is 4.71. The van der Waals surface area contributed by atoms with Gasteiger partial charge in [-0.25, -0.2) is 4.98 Å². The van der Waals surface area contributed by atoms with Crippen LogP contribution in [0.3, 0.4) is 0 Å². The molecule has 0 N–H and O–H groups in total. The number of rotatable bonds is 1. The van der Waals surface area contributed by atoms with Gasteiger partial charge in [0.1, 0.15) is 12.0 Å². The highest BCUT2D eigenvalue weighted by Gasteiger charge is 2.19. The zero-order valence-corrected chi connectivity index (χ0v) is 8.17. The van der Waals surface area contributed by atoms with Gasteiger partial charge >= 0.3 is 0 Å². The van der Waals surface area contributed by atoms with Gasteiger partial charge in [-0.3, -0.25) is 0 Å². The van der Waals surface area contributed by atoms with Crippen molar-refractivity contribution in [2.24, 2.45) is 0 Å². The van der Waals surface area contributed by atoms with E-state index in [4.69, 9.17) is 11.6 Å². The Morgan fingerprint density at radius 2 is 2.00 bits per heavy atom. The van der Waals surface area contributed by atoms with Gasteiger partial charge in [0.2, 0.25) is 0 Å². The predicted octanol–water partition coefficient (Wildman–Crippen LogP) is 2.57. The summed E-state index contributed by atoms with van der Waals surface area (Å²) in [7, 11) is 0. The van der Waals surface area contributed by atoms with Crippen molar-refractivity contribution in [2.75, 3.05) is 0 Å². The summed E-state index contributed by atoms with van der Waals surface area (Å²) in [6, 6.07) is 0. The van der Waals surface area contributed by atoms with Crippen molar-refractivity contribution in [3.63, 3.8) is 0 Å². The van der Waals surface area contributed by atoms with Crippen LogP contribution in [0.4, 0.5) is 0 Å². The minimum Gasteiger partial charge on any atom is -0.221 e. The molecule has 0 bridgehead atoms. The Hall–Kier alpha value is -0.700. The standard InChI is InChI=1S/C9H12ClN3/c10-9-8(13-12-6-11-9)7-4-2-1-3-5-7/h6-7H,1-5H2. The van der Waals surface area contributed by atoms with Gasteiger partial charge in [-0.2, -0.15) is 5.10 Å². The predicted molar refractivity (Wildman–Crippen MR) is 50.7 cm³/mol. The highest BCUT2D eigenvalue weighted by Crippen LogP contribution is 2.33. The molecule has 0 aliphatic heterocycles. The molecule has 0 saturated heterocycles. The molecule has 2 rings (SSSR count). The Balaban J connectivity index is 2.18. The summed E-state index contributed by atoms with van der Waals surface area (Å²) in [5.74, 6) is 0.488. The van der Waals surface area contributed by atoms with Gasteiger partial charge in [0.15, 0.2) is 5.15 Å². The summed E-state index contributed by atoms with van der Waals surface area (Å²) in [6.07, 6.45) is 7.64. The highest BCUT2D eigenvalue weighted by atomic mass is 35.5. The number of hydrogen-bond donors (Lipinski definition) is 0. The molecule has 0 aromatic carbocycles. The van der Waals surface area contributed by atoms with Crippen LogP contribution in [0.25, 0.3) is 0 Å². The van der Waals surface area contributed by atoms with Crippen molar-refractivity contribution < 1.29 is 0 Å². The van der Waals surface area contributed by atoms with Crippen LogP contribution in [0.5, 0.6) is 0 Å². The van der Waals surface area contributed by atoms with Gasteiger partial charge in [-0.15, -0.1) is 5.10 Å². The van der Waals surface area contributed by atoms with E-state index < -0.39 is 0 Å². The average Bonchev–Trinajstić information content (AvgIpc) is 2.20. The second-order valence-electron chi connectivity index (χ2n) is 3.47. The fourth-order valence-electron chi connectivity index (χ4n) is 1.90. The van der Waals surface area contributed by atoms with Crippen molar-refractivity contribution in [1.29, 1.82) is 0 Å². The van der Waals surface area contributed by atoms with Crippen molar-refractivity contribution >= 4 is 11.6 Å². The molecule has 1 aromatic heterocycles. The molecular weight excluding hydrogens is 186 g/mol. The van der Waals surface area contributed by atoms with E-state index in [0.29, 0.717) is 11.1 Å². The van der Waals surface area contributed by atoms with E-state index >= 15 is 0 Å². The zero-order chi connectivity index (χ0) is 9.10. The minimum absolute atomic E-state index is 0.488. The third kappa shape index (κ3) is 1.97. The molecule has 13 heavy (non-hydrogen) atoms. The van der Waals surface area contributed by atoms with E-state index in [1.165, 1.54) is 38.4 Å². The maximum absolute atomic E-state index is 5.94. The first-order chi connectivity index (χ1) is 6.38. The summed E-state index contributed by atoms with van der Waals surface area (Å²) >= 11 is 5.94. The third-order valence-corrected chi connectivity index (χ3v) is 2.88. The molecular formula is C9H12ClN3. The third-order valence-electron chi connectivity index (χ3n) is 2.59. The zero-order valence-electron chi connectivity index (χ0n) is 7.41. The maximum atomic E-state index is 5.94. The molecule has 1 aliphatic rings. The molecule has 0 atom stereocenters. The van der Waals surface area contributed by atoms with Gasteiger partial charge in [0, 0.05) is 5.92 Å². The minimum atomic E-state index is 0.488. The van der Waals surface area contributed by atoms with E-state index in [2.05, 4.69) is 15.2 Å². The lowest BCUT2D eigenvalue weighted by atomic mass is 9.87. The molecule has 1 saturated carbocycles. The topological polar surface area (TPSA) is 38.7 Å². The second kappa shape index (κ2) is 4.01. The number of halogens is 1. The Bertz CT molecular complexity index is 284. The number of nitrogens with zero attached hydrogens (tertiary/aromatic N) is 3. The summed E-state index contributed by atoms with van der Waals surface area (Å²) in [4.78, 5) is 3.95. The average molecular weight is 198 g/mol. The van der Waals surface area contributed by atoms with Crippen molar-refractivity contribution in [3.05, 3.63) is 17.2 Å². The fourth-order valence-corrected chi connectivity index (χ4v) is 2.13. The van der Waals surface area contributed by atoms with Crippen LogP contribution in [0.2, 0.25) is 5.15 Å². The summed E-state index contributed by atoms with van der Waals surface area (Å²) in [6.45, 7) is 0. The number of aromatic nitrogens is 3. The van der Waals surface area contributed by atoms with Gasteiger partial charge in [0.05, 0.1) is 0 Å². The van der Waals surface area contributed by atoms with Crippen LogP contribution in [-0.2, 0) is 0 Å². The van der Waals surface area contributed by atoms with Crippen LogP contribution in [0.1, 0.15) is 43.7 Å². The molecule has 70 valence electrons. The maximum Gasteiger partial charge on any atom is 0.154 e. The van der Waals surface area contributed by atoms with Gasteiger partial charge in [-0.05, 0) is 12.8 Å². The Morgan fingerprint density at radius 3 is 2.69 bits per heavy atom. The second-order valence-corrected chi connectivity index (χ2v) is 3.83. The fraction of sp³-hybridized carbons (Fsp3) is 0.667. The van der Waals surface area contributed by atoms with Crippen LogP contribution in [0, 0.1) is 0 Å². The molecule has 0 unspecified atom stereocenters. The van der Waals surface area contributed by atoms with Gasteiger partial charge in [-0.1, -0.05) is 30.9 Å². The van der Waals surface area contributed by atoms with Crippen molar-refractivity contribution in [2.45, 2.75) is 38.0 Å². The van der Waals surface area contributed by atoms with E-state index in [0.717, 1.165) is 5.69 Å². The Morgan fingerprint density at radius 1 is 1.23 bits per heavy atom. The molecule has 0 amide bonds. The normalized spacial score (nSPS) is 18.8. The van der Waals surface area contributed by atoms with Gasteiger partial charge < -0.3 is 0 Å². The monoisotopic (exact) mass is 197 g/mol. The van der Waals surface area contributed by atoms with Crippen LogP contribution in [-0.4, -0.2) is 15.2 Å². The van der Waals surface area contributed by atoms with E-state index in [1.807, 2.05) is 0 Å². The lowest BCUT2D eigenvalue weighted by Gasteiger charge is -2.20. The van der Waals surface area contributed by atoms with Crippen LogP contribution >= 0.6 is 11.6 Å². The first kappa shape index (κ1) is 8.88. The van der Waals surface area contributed by atoms with Gasteiger partial charge in [0.25, 0.3) is 0 Å². The number of hydrogen-bond acceptors (Lipinski definition) is 3. The Labute approximate surface area is 82.5 Å². The molecule has 0 radical (unpaired) electrons. The molecule has 1 fully saturated rings. The lowest BCUT2D eigenvalue weighted by molar-refractivity contribution is 0.432. The van der Waals surface area contributed by atoms with Crippen molar-refractivity contribution in [1.82, 2.24) is 15.2 Å². The van der Waals surface area contributed by atoms with E-state index in [1.54, 1.807) is 0 Å². The largest absolute Gasteiger partial charge is 0.221 e. The first-order valence-corrected chi connectivity index (χ1v) is 5.09.